The van der Waals surface area contributed by atoms with E-state index < -0.39 is 0 Å². The topological polar surface area (TPSA) is 48.0 Å². The van der Waals surface area contributed by atoms with Gasteiger partial charge in [-0.15, -0.1) is 0 Å². The number of carbonyl (C=O) groups excluding carboxylic acids is 1. The molecule has 0 N–H and O–H groups in total. The van der Waals surface area contributed by atoms with Crippen molar-refractivity contribution in [2.75, 3.05) is 34.9 Å². The lowest BCUT2D eigenvalue weighted by Crippen LogP contribution is -2.59. The molecule has 0 bridgehead atoms. The number of hydrogen-bond acceptors (Lipinski definition) is 5. The summed E-state index contributed by atoms with van der Waals surface area (Å²) in [5, 5.41) is 0. The van der Waals surface area contributed by atoms with E-state index in [9.17, 15) is 4.79 Å². The van der Waals surface area contributed by atoms with E-state index >= 15 is 0 Å². The molecule has 5 nitrogen and oxygen atoms in total. The van der Waals surface area contributed by atoms with Crippen LogP contribution in [0.5, 0.6) is 11.5 Å². The molecule has 25 heavy (non-hydrogen) atoms. The largest absolute Gasteiger partial charge is 0.493 e. The van der Waals surface area contributed by atoms with Gasteiger partial charge in [0.05, 0.1) is 26.9 Å². The standard InChI is InChI=1S/C20H25NO4/c1-21-8-7-19-11-15(22)18(25-4)12-20(19,21)6-5-13-9-16(23-2)17(24-3)10-14(13)19/h9-10,12H,5-8,11H2,1-4H3/t19-,20+/m1/s1. The number of Topliss-reactive ketones (excluding diaryl/α,β-unsaturated/α-hetero) is 1. The van der Waals surface area contributed by atoms with Gasteiger partial charge in [-0.25, -0.2) is 0 Å². The van der Waals surface area contributed by atoms with E-state index in [4.69, 9.17) is 14.2 Å². The number of ether oxygens (including phenoxy) is 3. The van der Waals surface area contributed by atoms with Crippen molar-refractivity contribution < 1.29 is 19.0 Å². The number of nitrogens with zero attached hydrogens (tertiary/aromatic N) is 1. The fourth-order valence-corrected chi connectivity index (χ4v) is 5.33. The van der Waals surface area contributed by atoms with E-state index in [2.05, 4.69) is 30.2 Å². The maximum Gasteiger partial charge on any atom is 0.198 e. The Bertz CT molecular complexity index is 771. The fraction of sp³-hybridized carbons (Fsp3) is 0.550. The summed E-state index contributed by atoms with van der Waals surface area (Å²) in [7, 11) is 7.07. The second-order valence-corrected chi connectivity index (χ2v) is 7.35. The zero-order chi connectivity index (χ0) is 17.8. The van der Waals surface area contributed by atoms with Gasteiger partial charge in [0.15, 0.2) is 23.0 Å². The predicted molar refractivity (Wildman–Crippen MR) is 94.2 cm³/mol. The van der Waals surface area contributed by atoms with Crippen molar-refractivity contribution in [3.63, 3.8) is 0 Å². The number of allylic oxidation sites excluding steroid dienone is 1. The summed E-state index contributed by atoms with van der Waals surface area (Å²) < 4.78 is 16.5. The minimum Gasteiger partial charge on any atom is -0.493 e. The molecular formula is C20H25NO4. The molecule has 5 heteroatoms. The third-order valence-electron chi connectivity index (χ3n) is 6.61. The minimum atomic E-state index is -0.214. The van der Waals surface area contributed by atoms with Crippen LogP contribution in [-0.4, -0.2) is 51.1 Å². The molecule has 1 fully saturated rings. The number of fused-ring (bicyclic) bond motifs is 1. The Morgan fingerprint density at radius 2 is 1.76 bits per heavy atom. The van der Waals surface area contributed by atoms with Crippen LogP contribution in [0.2, 0.25) is 0 Å². The number of methoxy groups -OCH3 is 3. The number of carbonyl (C=O) groups is 1. The summed E-state index contributed by atoms with van der Waals surface area (Å²) in [6.07, 6.45) is 5.46. The Morgan fingerprint density at radius 1 is 1.04 bits per heavy atom. The van der Waals surface area contributed by atoms with Crippen LogP contribution in [0.4, 0.5) is 0 Å². The highest BCUT2D eigenvalue weighted by Gasteiger charge is 2.63. The van der Waals surface area contributed by atoms with Crippen LogP contribution >= 0.6 is 0 Å². The summed E-state index contributed by atoms with van der Waals surface area (Å²) in [4.78, 5) is 15.1. The van der Waals surface area contributed by atoms with Gasteiger partial charge in [0.1, 0.15) is 0 Å². The van der Waals surface area contributed by atoms with Crippen LogP contribution in [0.15, 0.2) is 24.0 Å². The zero-order valence-electron chi connectivity index (χ0n) is 15.3. The summed E-state index contributed by atoms with van der Waals surface area (Å²) in [5.74, 6) is 2.09. The Kier molecular flexibility index (Phi) is 3.62. The first kappa shape index (κ1) is 16.5. The van der Waals surface area contributed by atoms with Crippen LogP contribution in [0.3, 0.4) is 0 Å². The van der Waals surface area contributed by atoms with Crippen molar-refractivity contribution in [3.05, 3.63) is 35.1 Å². The SMILES string of the molecule is COC1=C[C@@]23CCc4cc(OC)c(OC)cc4[C@@]2(CCN3C)CC1=O. The maximum absolute atomic E-state index is 12.7. The van der Waals surface area contributed by atoms with Gasteiger partial charge in [0.2, 0.25) is 0 Å². The van der Waals surface area contributed by atoms with Gasteiger partial charge in [0.25, 0.3) is 0 Å². The van der Waals surface area contributed by atoms with E-state index in [0.29, 0.717) is 12.2 Å². The van der Waals surface area contributed by atoms with E-state index in [1.165, 1.54) is 11.1 Å². The second kappa shape index (κ2) is 5.49. The van der Waals surface area contributed by atoms with Crippen molar-refractivity contribution in [1.29, 1.82) is 0 Å². The van der Waals surface area contributed by atoms with Crippen molar-refractivity contribution in [2.24, 2.45) is 0 Å². The third kappa shape index (κ3) is 1.96. The Labute approximate surface area is 148 Å². The molecule has 1 aromatic rings. The molecule has 3 aliphatic rings. The molecule has 4 rings (SSSR count). The molecule has 2 aliphatic carbocycles. The molecule has 1 aliphatic heterocycles. The average Bonchev–Trinajstić information content (AvgIpc) is 2.93. The Balaban J connectivity index is 1.97. The molecule has 2 atom stereocenters. The normalized spacial score (nSPS) is 30.9. The average molecular weight is 343 g/mol. The lowest BCUT2D eigenvalue weighted by Gasteiger charge is -2.53. The number of aryl methyl sites for hydroxylation is 1. The van der Waals surface area contributed by atoms with E-state index in [0.717, 1.165) is 37.3 Å². The van der Waals surface area contributed by atoms with Crippen LogP contribution in [0.1, 0.15) is 30.4 Å². The van der Waals surface area contributed by atoms with Gasteiger partial charge in [0, 0.05) is 11.8 Å². The number of benzene rings is 1. The number of likely N-dealkylation sites (tertiary alicyclic amines) is 1. The first-order valence-corrected chi connectivity index (χ1v) is 8.78. The van der Waals surface area contributed by atoms with Crippen molar-refractivity contribution in [3.8, 4) is 11.5 Å². The zero-order valence-corrected chi connectivity index (χ0v) is 15.3. The lowest BCUT2D eigenvalue weighted by atomic mass is 9.54. The summed E-state index contributed by atoms with van der Waals surface area (Å²) in [5.41, 5.74) is 2.12. The number of ketones is 1. The number of rotatable bonds is 3. The van der Waals surface area contributed by atoms with Gasteiger partial charge in [-0.05, 0) is 62.2 Å². The monoisotopic (exact) mass is 343 g/mol. The molecule has 1 heterocycles. The van der Waals surface area contributed by atoms with Crippen molar-refractivity contribution >= 4 is 5.78 Å². The molecular weight excluding hydrogens is 318 g/mol. The Morgan fingerprint density at radius 3 is 2.44 bits per heavy atom. The van der Waals surface area contributed by atoms with Crippen molar-refractivity contribution in [1.82, 2.24) is 4.90 Å². The van der Waals surface area contributed by atoms with Crippen LogP contribution < -0.4 is 9.47 Å². The summed E-state index contributed by atoms with van der Waals surface area (Å²) >= 11 is 0. The summed E-state index contributed by atoms with van der Waals surface area (Å²) in [6, 6.07) is 4.19. The van der Waals surface area contributed by atoms with E-state index in [1.807, 2.05) is 0 Å². The van der Waals surface area contributed by atoms with Crippen LogP contribution in [-0.2, 0) is 21.4 Å². The van der Waals surface area contributed by atoms with Crippen molar-refractivity contribution in [2.45, 2.75) is 36.6 Å². The minimum absolute atomic E-state index is 0.0936. The lowest BCUT2D eigenvalue weighted by molar-refractivity contribution is -0.122. The van der Waals surface area contributed by atoms with Crippen LogP contribution in [0.25, 0.3) is 0 Å². The van der Waals surface area contributed by atoms with Gasteiger partial charge >= 0.3 is 0 Å². The van der Waals surface area contributed by atoms with Crippen LogP contribution in [0, 0.1) is 0 Å². The number of likely N-dealkylation sites (N-methyl/N-ethyl adjacent to an activating group) is 1. The van der Waals surface area contributed by atoms with E-state index in [1.54, 1.807) is 21.3 Å². The third-order valence-corrected chi connectivity index (χ3v) is 6.61. The quantitative estimate of drug-likeness (QED) is 0.844. The van der Waals surface area contributed by atoms with Gasteiger partial charge in [-0.2, -0.15) is 0 Å². The first-order valence-electron chi connectivity index (χ1n) is 8.78. The molecule has 0 amide bonds. The molecule has 1 saturated heterocycles. The second-order valence-electron chi connectivity index (χ2n) is 7.35. The smallest absolute Gasteiger partial charge is 0.198 e. The molecule has 0 saturated carbocycles. The van der Waals surface area contributed by atoms with Gasteiger partial charge in [-0.3, -0.25) is 9.69 Å². The van der Waals surface area contributed by atoms with Gasteiger partial charge < -0.3 is 14.2 Å². The molecule has 0 aromatic heterocycles. The number of hydrogen-bond donors (Lipinski definition) is 0. The molecule has 0 spiro atoms. The Hall–Kier alpha value is -2.01. The summed E-state index contributed by atoms with van der Waals surface area (Å²) in [6.45, 7) is 0.967. The highest BCUT2D eigenvalue weighted by molar-refractivity contribution is 5.96. The fourth-order valence-electron chi connectivity index (χ4n) is 5.33. The highest BCUT2D eigenvalue weighted by Crippen LogP contribution is 2.59. The first-order chi connectivity index (χ1) is 12.0. The predicted octanol–water partition coefficient (Wildman–Crippen LogP) is 2.47. The highest BCUT2D eigenvalue weighted by atomic mass is 16.5. The molecule has 0 radical (unpaired) electrons. The van der Waals surface area contributed by atoms with Gasteiger partial charge in [-0.1, -0.05) is 0 Å². The molecule has 134 valence electrons. The molecule has 0 unspecified atom stereocenters. The van der Waals surface area contributed by atoms with E-state index in [-0.39, 0.29) is 16.7 Å². The maximum atomic E-state index is 12.7. The molecule has 1 aromatic carbocycles.